The van der Waals surface area contributed by atoms with Crippen molar-refractivity contribution < 1.29 is 39.8 Å². The molecule has 0 aliphatic rings. The number of anilines is 2. The first-order chi connectivity index (χ1) is 12.3. The molecule has 2 atom stereocenters. The van der Waals surface area contributed by atoms with Crippen LogP contribution in [0, 0.1) is 13.5 Å². The maximum atomic E-state index is 11.6. The number of aliphatic hydroxyl groups is 5. The van der Waals surface area contributed by atoms with Gasteiger partial charge in [0.1, 0.15) is 18.6 Å². The Bertz CT molecular complexity index is 674. The Morgan fingerprint density at radius 1 is 1.23 bits per heavy atom. The van der Waals surface area contributed by atoms with E-state index in [-0.39, 0.29) is 0 Å². The minimum absolute atomic E-state index is 0.346. The lowest BCUT2D eigenvalue weighted by Crippen LogP contribution is -2.28. The number of ether oxygens (including phenoxy) is 2. The summed E-state index contributed by atoms with van der Waals surface area (Å²) < 4.78 is 9.59. The molecule has 1 rings (SSSR count). The molecule has 0 fully saturated rings. The van der Waals surface area contributed by atoms with Gasteiger partial charge in [0.05, 0.1) is 0 Å². The molecule has 0 spiro atoms. The average Bonchev–Trinajstić information content (AvgIpc) is 2.61. The summed E-state index contributed by atoms with van der Waals surface area (Å²) in [5, 5.41) is 50.2. The molecule has 0 aromatic heterocycles. The van der Waals surface area contributed by atoms with Crippen molar-refractivity contribution in [1.29, 1.82) is 0 Å². The van der Waals surface area contributed by atoms with Gasteiger partial charge in [-0.15, -0.1) is 0 Å². The van der Waals surface area contributed by atoms with Crippen LogP contribution in [0.15, 0.2) is 42.2 Å². The number of benzene rings is 1. The third kappa shape index (κ3) is 6.79. The number of carbonyl (C=O) groups is 1. The molecule has 26 heavy (non-hydrogen) atoms. The number of aryl methyl sites for hydroxylation is 1. The van der Waals surface area contributed by atoms with Gasteiger partial charge in [0.15, 0.2) is 11.5 Å². The number of hydrogen-bond acceptors (Lipinski definition) is 9. The summed E-state index contributed by atoms with van der Waals surface area (Å²) in [6.45, 7) is 3.78. The molecule has 0 aliphatic carbocycles. The maximum absolute atomic E-state index is 11.6. The van der Waals surface area contributed by atoms with Crippen LogP contribution in [0.25, 0.3) is 0 Å². The Labute approximate surface area is 149 Å². The molecule has 7 N–H and O–H groups in total. The number of aliphatic hydroxyl groups excluding tert-OH is 5. The molecular formula is C16H21N2O8. The van der Waals surface area contributed by atoms with Gasteiger partial charge in [-0.2, -0.15) is 0 Å². The minimum Gasteiger partial charge on any atom is -0.512 e. The zero-order chi connectivity index (χ0) is 19.7. The van der Waals surface area contributed by atoms with Crippen LogP contribution in [0.1, 0.15) is 12.5 Å². The molecule has 0 saturated heterocycles. The van der Waals surface area contributed by atoms with Gasteiger partial charge in [-0.05, 0) is 31.5 Å². The average molecular weight is 369 g/mol. The summed E-state index contributed by atoms with van der Waals surface area (Å²) in [6, 6.07) is 4.74. The van der Waals surface area contributed by atoms with Gasteiger partial charge in [0.2, 0.25) is 13.0 Å². The van der Waals surface area contributed by atoms with Gasteiger partial charge >= 0.3 is 6.09 Å². The van der Waals surface area contributed by atoms with Crippen molar-refractivity contribution >= 4 is 17.5 Å². The molecule has 1 aromatic rings. The minimum atomic E-state index is -1.51. The van der Waals surface area contributed by atoms with Crippen LogP contribution >= 0.6 is 0 Å². The Balaban J connectivity index is 2.70. The fourth-order valence-corrected chi connectivity index (χ4v) is 1.67. The van der Waals surface area contributed by atoms with E-state index in [1.807, 2.05) is 0 Å². The standard InChI is InChI=1S/C16H21N2O8/c1-9-3-4-11(17-16(24)26-10(2)14(22)7-20)5-13(9)18-15(23)25-8-12(21)6-19/h3-8,10,16-17,19-22,24H,1-2H3,(H,18,23)/b12-6-,14-7-. The SMILES string of the molecule is Cc1ccc(NC(O)OC(C)/C(O)=C/O)cc1NC(=O)O[CH]/C(O)=C/O. The van der Waals surface area contributed by atoms with Crippen LogP contribution < -0.4 is 10.6 Å². The molecule has 1 aromatic carbocycles. The molecule has 1 amide bonds. The number of amides is 1. The summed E-state index contributed by atoms with van der Waals surface area (Å²) in [4.78, 5) is 11.6. The highest BCUT2D eigenvalue weighted by molar-refractivity contribution is 5.86. The molecule has 10 heteroatoms. The normalized spacial score (nSPS) is 14.4. The predicted molar refractivity (Wildman–Crippen MR) is 92.4 cm³/mol. The lowest BCUT2D eigenvalue weighted by molar-refractivity contribution is -0.110. The lowest BCUT2D eigenvalue weighted by Gasteiger charge is -2.19. The van der Waals surface area contributed by atoms with Crippen LogP contribution in [0.2, 0.25) is 0 Å². The van der Waals surface area contributed by atoms with Gasteiger partial charge in [-0.1, -0.05) is 6.07 Å². The van der Waals surface area contributed by atoms with E-state index in [2.05, 4.69) is 15.4 Å². The summed E-state index contributed by atoms with van der Waals surface area (Å²) in [6.07, 6.45) is -2.56. The van der Waals surface area contributed by atoms with E-state index in [1.54, 1.807) is 19.1 Å². The van der Waals surface area contributed by atoms with Crippen LogP contribution in [-0.2, 0) is 9.47 Å². The smallest absolute Gasteiger partial charge is 0.412 e. The summed E-state index contributed by atoms with van der Waals surface area (Å²) in [5.41, 5.74) is 1.40. The molecule has 2 unspecified atom stereocenters. The van der Waals surface area contributed by atoms with Gasteiger partial charge in [0.25, 0.3) is 0 Å². The number of carbonyl (C=O) groups excluding carboxylic acids is 1. The van der Waals surface area contributed by atoms with Crippen molar-refractivity contribution in [2.45, 2.75) is 26.4 Å². The molecule has 1 radical (unpaired) electrons. The van der Waals surface area contributed by atoms with Gasteiger partial charge < -0.3 is 40.3 Å². The van der Waals surface area contributed by atoms with E-state index in [0.29, 0.717) is 36.1 Å². The zero-order valence-electron chi connectivity index (χ0n) is 14.1. The number of nitrogens with one attached hydrogen (secondary N) is 2. The van der Waals surface area contributed by atoms with Crippen molar-refractivity contribution in [1.82, 2.24) is 0 Å². The molecule has 10 nitrogen and oxygen atoms in total. The van der Waals surface area contributed by atoms with E-state index in [1.165, 1.54) is 13.0 Å². The molecule has 0 saturated carbocycles. The Morgan fingerprint density at radius 3 is 2.54 bits per heavy atom. The van der Waals surface area contributed by atoms with Crippen molar-refractivity contribution in [2.75, 3.05) is 10.6 Å². The molecule has 0 heterocycles. The van der Waals surface area contributed by atoms with Crippen LogP contribution in [0.5, 0.6) is 0 Å². The van der Waals surface area contributed by atoms with Gasteiger partial charge in [-0.25, -0.2) is 4.79 Å². The largest absolute Gasteiger partial charge is 0.512 e. The van der Waals surface area contributed by atoms with Crippen molar-refractivity contribution in [3.63, 3.8) is 0 Å². The Hall–Kier alpha value is -3.11. The number of hydrogen-bond donors (Lipinski definition) is 7. The van der Waals surface area contributed by atoms with Gasteiger partial charge in [0, 0.05) is 11.4 Å². The van der Waals surface area contributed by atoms with Crippen molar-refractivity contribution in [3.8, 4) is 0 Å². The van der Waals surface area contributed by atoms with Crippen molar-refractivity contribution in [3.05, 3.63) is 54.4 Å². The van der Waals surface area contributed by atoms with Crippen LogP contribution in [-0.4, -0.2) is 44.1 Å². The van der Waals surface area contributed by atoms with Crippen LogP contribution in [0.4, 0.5) is 16.2 Å². The second-order valence-electron chi connectivity index (χ2n) is 5.06. The fourth-order valence-electron chi connectivity index (χ4n) is 1.67. The topological polar surface area (TPSA) is 161 Å². The van der Waals surface area contributed by atoms with E-state index in [4.69, 9.17) is 20.1 Å². The van der Waals surface area contributed by atoms with Crippen molar-refractivity contribution in [2.24, 2.45) is 0 Å². The van der Waals surface area contributed by atoms with E-state index >= 15 is 0 Å². The third-order valence-electron chi connectivity index (χ3n) is 3.07. The zero-order valence-corrected chi connectivity index (χ0v) is 14.1. The summed E-state index contributed by atoms with van der Waals surface area (Å²) in [7, 11) is 0. The maximum Gasteiger partial charge on any atom is 0.412 e. The summed E-state index contributed by atoms with van der Waals surface area (Å²) >= 11 is 0. The Kier molecular flexibility index (Phi) is 8.06. The van der Waals surface area contributed by atoms with Gasteiger partial charge in [-0.3, -0.25) is 5.32 Å². The van der Waals surface area contributed by atoms with Crippen LogP contribution in [0.3, 0.4) is 0 Å². The summed E-state index contributed by atoms with van der Waals surface area (Å²) in [5.74, 6) is -1.10. The lowest BCUT2D eigenvalue weighted by atomic mass is 10.2. The first kappa shape index (κ1) is 20.9. The second kappa shape index (κ2) is 10.0. The predicted octanol–water partition coefficient (Wildman–Crippen LogP) is 2.71. The quantitative estimate of drug-likeness (QED) is 0.270. The molecule has 143 valence electrons. The first-order valence-corrected chi connectivity index (χ1v) is 7.35. The fraction of sp³-hybridized carbons (Fsp3) is 0.250. The Morgan fingerprint density at radius 2 is 1.92 bits per heavy atom. The number of rotatable bonds is 8. The molecular weight excluding hydrogens is 348 g/mol. The highest BCUT2D eigenvalue weighted by atomic mass is 16.6. The van der Waals surface area contributed by atoms with E-state index in [9.17, 15) is 15.0 Å². The first-order valence-electron chi connectivity index (χ1n) is 7.35. The highest BCUT2D eigenvalue weighted by Crippen LogP contribution is 2.21. The highest BCUT2D eigenvalue weighted by Gasteiger charge is 2.15. The van der Waals surface area contributed by atoms with E-state index < -0.39 is 30.1 Å². The monoisotopic (exact) mass is 369 g/mol. The molecule has 0 aliphatic heterocycles. The molecule has 0 bridgehead atoms. The third-order valence-corrected chi connectivity index (χ3v) is 3.07. The van der Waals surface area contributed by atoms with E-state index in [0.717, 1.165) is 0 Å². The second-order valence-corrected chi connectivity index (χ2v) is 5.06.